The zero-order valence-electron chi connectivity index (χ0n) is 15.8. The topological polar surface area (TPSA) is 71.7 Å². The van der Waals surface area contributed by atoms with Crippen LogP contribution in [0.4, 0.5) is 5.69 Å². The molecule has 0 spiro atoms. The molecule has 4 aromatic rings. The highest BCUT2D eigenvalue weighted by Gasteiger charge is 2.14. The molecule has 28 heavy (non-hydrogen) atoms. The lowest BCUT2D eigenvalue weighted by atomic mass is 10.2. The van der Waals surface area contributed by atoms with Crippen LogP contribution in [0, 0.1) is 6.92 Å². The number of furan rings is 1. The van der Waals surface area contributed by atoms with Crippen LogP contribution in [0.15, 0.2) is 65.3 Å². The van der Waals surface area contributed by atoms with Gasteiger partial charge in [-0.2, -0.15) is 0 Å². The molecule has 6 heteroatoms. The Labute approximate surface area is 167 Å². The van der Waals surface area contributed by atoms with Gasteiger partial charge in [0.1, 0.15) is 11.0 Å². The number of rotatable bonds is 6. The van der Waals surface area contributed by atoms with Crippen LogP contribution in [0.2, 0.25) is 0 Å². The van der Waals surface area contributed by atoms with Crippen LogP contribution in [0.5, 0.6) is 0 Å². The predicted molar refractivity (Wildman–Crippen MR) is 112 cm³/mol. The van der Waals surface area contributed by atoms with Crippen LogP contribution in [-0.2, 0) is 4.79 Å². The maximum Gasteiger partial charge on any atom is 0.279 e. The molecular formula is C22H22N3O2S+. The fourth-order valence-corrected chi connectivity index (χ4v) is 4.08. The number of quaternary nitrogens is 1. The number of amides is 1. The van der Waals surface area contributed by atoms with Crippen LogP contribution in [0.25, 0.3) is 20.8 Å². The van der Waals surface area contributed by atoms with Crippen molar-refractivity contribution >= 4 is 33.1 Å². The largest absolute Gasteiger partial charge is 0.463 e. The Kier molecular flexibility index (Phi) is 5.23. The number of hydrogen-bond donors (Lipinski definition) is 2. The number of fused-ring (bicyclic) bond motifs is 1. The Morgan fingerprint density at radius 3 is 2.79 bits per heavy atom. The number of nitrogens with one attached hydrogen (secondary N) is 1. The van der Waals surface area contributed by atoms with E-state index in [1.165, 1.54) is 10.3 Å². The van der Waals surface area contributed by atoms with Gasteiger partial charge < -0.3 is 15.1 Å². The number of nitrogens with two attached hydrogens (primary N) is 1. The highest BCUT2D eigenvalue weighted by Crippen LogP contribution is 2.31. The van der Waals surface area contributed by atoms with E-state index in [4.69, 9.17) is 9.40 Å². The lowest BCUT2D eigenvalue weighted by Gasteiger charge is -2.09. The maximum atomic E-state index is 12.2. The molecule has 0 radical (unpaired) electrons. The standard InChI is InChI=1S/C22H21N3O2S/c1-14-5-10-18-20(12-14)28-22(25-18)16-6-8-17(9-7-16)24-21(26)13-23-15(2)19-4-3-11-27-19/h3-12,15,23H,13H2,1-2H3,(H,24,26)/p+1/t15-/m0/s1. The molecule has 142 valence electrons. The normalized spacial score (nSPS) is 12.2. The molecule has 0 bridgehead atoms. The minimum absolute atomic E-state index is 0.0402. The van der Waals surface area contributed by atoms with Crippen LogP contribution < -0.4 is 10.6 Å². The number of benzene rings is 2. The van der Waals surface area contributed by atoms with Crippen molar-refractivity contribution in [3.8, 4) is 10.6 Å². The molecule has 1 amide bonds. The Balaban J connectivity index is 1.37. The number of aryl methyl sites for hydroxylation is 1. The van der Waals surface area contributed by atoms with Crippen molar-refractivity contribution in [2.24, 2.45) is 0 Å². The summed E-state index contributed by atoms with van der Waals surface area (Å²) in [7, 11) is 0. The molecule has 0 saturated carbocycles. The van der Waals surface area contributed by atoms with Crippen LogP contribution in [0.1, 0.15) is 24.3 Å². The molecular weight excluding hydrogens is 370 g/mol. The second kappa shape index (κ2) is 7.96. The van der Waals surface area contributed by atoms with Crippen LogP contribution in [0.3, 0.4) is 0 Å². The third-order valence-corrected chi connectivity index (χ3v) is 5.68. The van der Waals surface area contributed by atoms with E-state index in [1.54, 1.807) is 17.6 Å². The van der Waals surface area contributed by atoms with Gasteiger partial charge in [0.05, 0.1) is 16.5 Å². The molecule has 1 atom stereocenters. The van der Waals surface area contributed by atoms with Crippen molar-refractivity contribution in [2.45, 2.75) is 19.9 Å². The van der Waals surface area contributed by atoms with E-state index >= 15 is 0 Å². The summed E-state index contributed by atoms with van der Waals surface area (Å²) in [5.74, 6) is 0.824. The lowest BCUT2D eigenvalue weighted by Crippen LogP contribution is -2.86. The average Bonchev–Trinajstić information content (AvgIpc) is 3.36. The van der Waals surface area contributed by atoms with Crippen molar-refractivity contribution in [3.05, 3.63) is 72.2 Å². The third-order valence-electron chi connectivity index (χ3n) is 4.61. The van der Waals surface area contributed by atoms with Crippen molar-refractivity contribution in [3.63, 3.8) is 0 Å². The van der Waals surface area contributed by atoms with Gasteiger partial charge in [0.2, 0.25) is 0 Å². The minimum atomic E-state index is -0.0402. The van der Waals surface area contributed by atoms with E-state index < -0.39 is 0 Å². The zero-order valence-corrected chi connectivity index (χ0v) is 16.6. The lowest BCUT2D eigenvalue weighted by molar-refractivity contribution is -0.684. The van der Waals surface area contributed by atoms with E-state index in [2.05, 4.69) is 30.4 Å². The van der Waals surface area contributed by atoms with Crippen LogP contribution >= 0.6 is 11.3 Å². The van der Waals surface area contributed by atoms with Crippen molar-refractivity contribution in [1.82, 2.24) is 4.98 Å². The third kappa shape index (κ3) is 4.13. The first-order valence-electron chi connectivity index (χ1n) is 9.23. The highest BCUT2D eigenvalue weighted by atomic mass is 32.1. The van der Waals surface area contributed by atoms with E-state index in [1.807, 2.05) is 48.6 Å². The number of hydrogen-bond acceptors (Lipinski definition) is 4. The molecule has 0 fully saturated rings. The summed E-state index contributed by atoms with van der Waals surface area (Å²) in [4.78, 5) is 16.9. The van der Waals surface area contributed by atoms with Gasteiger partial charge in [-0.1, -0.05) is 6.07 Å². The summed E-state index contributed by atoms with van der Waals surface area (Å²) in [6, 6.07) is 18.0. The van der Waals surface area contributed by atoms with Crippen molar-refractivity contribution in [1.29, 1.82) is 0 Å². The Bertz CT molecular complexity index is 1080. The van der Waals surface area contributed by atoms with E-state index in [0.717, 1.165) is 27.5 Å². The molecule has 0 aliphatic rings. The first-order valence-corrected chi connectivity index (χ1v) is 10.0. The number of thiazole rings is 1. The first kappa shape index (κ1) is 18.4. The summed E-state index contributed by atoms with van der Waals surface area (Å²) in [5.41, 5.74) is 4.09. The fraction of sp³-hybridized carbons (Fsp3) is 0.182. The fourth-order valence-electron chi connectivity index (χ4n) is 3.01. The second-order valence-electron chi connectivity index (χ2n) is 6.86. The molecule has 0 unspecified atom stereocenters. The second-order valence-corrected chi connectivity index (χ2v) is 7.89. The van der Waals surface area contributed by atoms with Gasteiger partial charge in [0, 0.05) is 11.3 Å². The molecule has 2 aromatic heterocycles. The number of carbonyl (C=O) groups is 1. The van der Waals surface area contributed by atoms with E-state index in [9.17, 15) is 4.79 Å². The SMILES string of the molecule is Cc1ccc2nc(-c3ccc(NC(=O)C[NH2+][C@@H](C)c4ccco4)cc3)sc2c1. The number of carbonyl (C=O) groups excluding carboxylic acids is 1. The minimum Gasteiger partial charge on any atom is -0.463 e. The van der Waals surface area contributed by atoms with Gasteiger partial charge in [0.25, 0.3) is 5.91 Å². The predicted octanol–water partition coefficient (Wildman–Crippen LogP) is 4.13. The Morgan fingerprint density at radius 1 is 1.21 bits per heavy atom. The Morgan fingerprint density at radius 2 is 2.04 bits per heavy atom. The smallest absolute Gasteiger partial charge is 0.279 e. The average molecular weight is 393 g/mol. The highest BCUT2D eigenvalue weighted by molar-refractivity contribution is 7.21. The molecule has 0 aliphatic carbocycles. The molecule has 4 rings (SSSR count). The zero-order chi connectivity index (χ0) is 19.5. The van der Waals surface area contributed by atoms with Gasteiger partial charge in [0.15, 0.2) is 12.3 Å². The van der Waals surface area contributed by atoms with E-state index in [0.29, 0.717) is 6.54 Å². The van der Waals surface area contributed by atoms with Gasteiger partial charge in [-0.15, -0.1) is 11.3 Å². The number of nitrogens with zero attached hydrogens (tertiary/aromatic N) is 1. The monoisotopic (exact) mass is 392 g/mol. The summed E-state index contributed by atoms with van der Waals surface area (Å²) < 4.78 is 6.55. The maximum absolute atomic E-state index is 12.2. The summed E-state index contributed by atoms with van der Waals surface area (Å²) in [6.45, 7) is 4.43. The van der Waals surface area contributed by atoms with Crippen molar-refractivity contribution < 1.29 is 14.5 Å². The first-order chi connectivity index (χ1) is 13.6. The quantitative estimate of drug-likeness (QED) is 0.518. The number of aromatic nitrogens is 1. The summed E-state index contributed by atoms with van der Waals surface area (Å²) in [6.07, 6.45) is 1.65. The molecule has 2 aromatic carbocycles. The Hall–Kier alpha value is -2.96. The number of anilines is 1. The summed E-state index contributed by atoms with van der Waals surface area (Å²) in [5, 5.41) is 5.87. The van der Waals surface area contributed by atoms with Crippen LogP contribution in [-0.4, -0.2) is 17.4 Å². The summed E-state index contributed by atoms with van der Waals surface area (Å²) >= 11 is 1.68. The molecule has 3 N–H and O–H groups in total. The molecule has 2 heterocycles. The van der Waals surface area contributed by atoms with Gasteiger partial charge in [-0.25, -0.2) is 4.98 Å². The molecule has 0 aliphatic heterocycles. The van der Waals surface area contributed by atoms with Gasteiger partial charge >= 0.3 is 0 Å². The van der Waals surface area contributed by atoms with Gasteiger partial charge in [-0.3, -0.25) is 4.79 Å². The molecule has 5 nitrogen and oxygen atoms in total. The van der Waals surface area contributed by atoms with E-state index in [-0.39, 0.29) is 11.9 Å². The van der Waals surface area contributed by atoms with Gasteiger partial charge in [-0.05, 0) is 67.9 Å². The molecule has 0 saturated heterocycles. The van der Waals surface area contributed by atoms with Crippen molar-refractivity contribution in [2.75, 3.05) is 11.9 Å².